The van der Waals surface area contributed by atoms with Crippen LogP contribution in [-0.2, 0) is 17.9 Å². The van der Waals surface area contributed by atoms with E-state index in [1.165, 1.54) is 17.7 Å². The highest BCUT2D eigenvalue weighted by Gasteiger charge is 2.20. The number of hydrogen-bond donors (Lipinski definition) is 2. The first-order chi connectivity index (χ1) is 14.2. The molecule has 3 rings (SSSR count). The number of benzene rings is 2. The van der Waals surface area contributed by atoms with Crippen LogP contribution in [0.5, 0.6) is 0 Å². The van der Waals surface area contributed by atoms with E-state index in [9.17, 15) is 4.39 Å². The molecule has 164 valence electrons. The molecule has 0 spiro atoms. The number of hydrogen-bond acceptors (Lipinski definition) is 3. The van der Waals surface area contributed by atoms with Crippen molar-refractivity contribution in [2.24, 2.45) is 4.99 Å². The molecule has 5 nitrogen and oxygen atoms in total. The molecule has 2 aromatic rings. The first kappa shape index (κ1) is 24.6. The molecule has 2 aromatic carbocycles. The molecular weight excluding hydrogens is 494 g/mol. The topological polar surface area (TPSA) is 48.9 Å². The van der Waals surface area contributed by atoms with Gasteiger partial charge in [-0.2, -0.15) is 0 Å². The third kappa shape index (κ3) is 8.57. The van der Waals surface area contributed by atoms with Gasteiger partial charge in [-0.3, -0.25) is 9.89 Å². The Balaban J connectivity index is 0.00000320. The van der Waals surface area contributed by atoms with Crippen molar-refractivity contribution >= 4 is 29.9 Å². The molecule has 2 N–H and O–H groups in total. The van der Waals surface area contributed by atoms with Gasteiger partial charge in [0.2, 0.25) is 0 Å². The van der Waals surface area contributed by atoms with Crippen LogP contribution in [0.4, 0.5) is 4.39 Å². The average Bonchev–Trinajstić information content (AvgIpc) is 2.76. The quantitative estimate of drug-likeness (QED) is 0.238. The maximum Gasteiger partial charge on any atom is 0.191 e. The smallest absolute Gasteiger partial charge is 0.191 e. The van der Waals surface area contributed by atoms with Crippen molar-refractivity contribution in [2.45, 2.75) is 32.0 Å². The van der Waals surface area contributed by atoms with Crippen LogP contribution < -0.4 is 10.6 Å². The third-order valence-corrected chi connectivity index (χ3v) is 5.12. The van der Waals surface area contributed by atoms with Gasteiger partial charge in [0.05, 0.1) is 13.2 Å². The Kier molecular flexibility index (Phi) is 11.1. The molecule has 1 saturated heterocycles. The molecule has 0 radical (unpaired) electrons. The predicted octanol–water partition coefficient (Wildman–Crippen LogP) is 3.79. The van der Waals surface area contributed by atoms with Crippen LogP contribution in [-0.4, -0.2) is 50.2 Å². The summed E-state index contributed by atoms with van der Waals surface area (Å²) in [5.41, 5.74) is 2.34. The van der Waals surface area contributed by atoms with Crippen LogP contribution in [0.1, 0.15) is 24.0 Å². The monoisotopic (exact) mass is 526 g/mol. The molecular formula is C23H32FIN4O. The lowest BCUT2D eigenvalue weighted by molar-refractivity contribution is 0.125. The zero-order chi connectivity index (χ0) is 20.3. The summed E-state index contributed by atoms with van der Waals surface area (Å²) < 4.78 is 18.7. The second kappa shape index (κ2) is 13.6. The molecule has 1 aliphatic rings. The Morgan fingerprint density at radius 2 is 1.77 bits per heavy atom. The number of aliphatic imine (C=N–C) groups is 1. The van der Waals surface area contributed by atoms with Crippen LogP contribution in [0.3, 0.4) is 0 Å². The van der Waals surface area contributed by atoms with Gasteiger partial charge in [-0.05, 0) is 36.1 Å². The molecule has 0 amide bonds. The van der Waals surface area contributed by atoms with Gasteiger partial charge in [-0.1, -0.05) is 42.5 Å². The Morgan fingerprint density at radius 3 is 2.43 bits per heavy atom. The summed E-state index contributed by atoms with van der Waals surface area (Å²) in [6, 6.07) is 17.4. The van der Waals surface area contributed by atoms with E-state index in [-0.39, 0.29) is 29.8 Å². The molecule has 1 aliphatic heterocycles. The molecule has 0 aromatic heterocycles. The molecule has 30 heavy (non-hydrogen) atoms. The van der Waals surface area contributed by atoms with E-state index in [1.807, 2.05) is 30.3 Å². The highest BCUT2D eigenvalue weighted by atomic mass is 127. The van der Waals surface area contributed by atoms with Gasteiger partial charge in [-0.15, -0.1) is 24.0 Å². The fraction of sp³-hybridized carbons (Fsp3) is 0.435. The Labute approximate surface area is 196 Å². The van der Waals surface area contributed by atoms with E-state index in [4.69, 9.17) is 4.74 Å². The Bertz CT molecular complexity index is 750. The van der Waals surface area contributed by atoms with E-state index in [2.05, 4.69) is 32.7 Å². The maximum absolute atomic E-state index is 13.0. The SMILES string of the molecule is CN=C(NCCOCc1ccccc1)NC1CCN(Cc2ccc(F)cc2)CC1.I. The lowest BCUT2D eigenvalue weighted by Gasteiger charge is -2.33. The zero-order valence-electron chi connectivity index (χ0n) is 17.5. The van der Waals surface area contributed by atoms with Crippen LogP contribution in [0.2, 0.25) is 0 Å². The van der Waals surface area contributed by atoms with Gasteiger partial charge in [-0.25, -0.2) is 4.39 Å². The minimum atomic E-state index is -0.180. The van der Waals surface area contributed by atoms with E-state index in [0.717, 1.165) is 50.5 Å². The standard InChI is InChI=1S/C23H31FN4O.HI/c1-25-23(26-13-16-29-18-20-5-3-2-4-6-20)27-22-11-14-28(15-12-22)17-19-7-9-21(24)10-8-19;/h2-10,22H,11-18H2,1H3,(H2,25,26,27);1H. The van der Waals surface area contributed by atoms with Gasteiger partial charge in [0.25, 0.3) is 0 Å². The average molecular weight is 526 g/mol. The van der Waals surface area contributed by atoms with Crippen LogP contribution in [0, 0.1) is 5.82 Å². The summed E-state index contributed by atoms with van der Waals surface area (Å²) in [6.07, 6.45) is 2.12. The van der Waals surface area contributed by atoms with Crippen molar-refractivity contribution in [2.75, 3.05) is 33.3 Å². The largest absolute Gasteiger partial charge is 0.375 e. The molecule has 1 heterocycles. The number of nitrogens with one attached hydrogen (secondary N) is 2. The van der Waals surface area contributed by atoms with Crippen molar-refractivity contribution in [1.82, 2.24) is 15.5 Å². The summed E-state index contributed by atoms with van der Waals surface area (Å²) >= 11 is 0. The third-order valence-electron chi connectivity index (χ3n) is 5.12. The molecule has 0 bridgehead atoms. The normalized spacial score (nSPS) is 15.5. The van der Waals surface area contributed by atoms with Crippen molar-refractivity contribution in [3.8, 4) is 0 Å². The van der Waals surface area contributed by atoms with Gasteiger partial charge in [0.15, 0.2) is 5.96 Å². The Hall–Kier alpha value is -1.71. The summed E-state index contributed by atoms with van der Waals surface area (Å²) in [7, 11) is 1.80. The summed E-state index contributed by atoms with van der Waals surface area (Å²) in [5.74, 6) is 0.645. The molecule has 7 heteroatoms. The van der Waals surface area contributed by atoms with Crippen molar-refractivity contribution in [1.29, 1.82) is 0 Å². The van der Waals surface area contributed by atoms with Crippen LogP contribution >= 0.6 is 24.0 Å². The molecule has 0 aliphatic carbocycles. The minimum absolute atomic E-state index is 0. The van der Waals surface area contributed by atoms with Crippen molar-refractivity contribution < 1.29 is 9.13 Å². The molecule has 1 fully saturated rings. The summed E-state index contributed by atoms with van der Waals surface area (Å²) in [6.45, 7) is 4.89. The molecule has 0 atom stereocenters. The van der Waals surface area contributed by atoms with E-state index >= 15 is 0 Å². The lowest BCUT2D eigenvalue weighted by atomic mass is 10.0. The van der Waals surface area contributed by atoms with Crippen molar-refractivity contribution in [3.63, 3.8) is 0 Å². The predicted molar refractivity (Wildman–Crippen MR) is 131 cm³/mol. The highest BCUT2D eigenvalue weighted by Crippen LogP contribution is 2.14. The number of guanidine groups is 1. The number of likely N-dealkylation sites (tertiary alicyclic amines) is 1. The van der Waals surface area contributed by atoms with Crippen LogP contribution in [0.15, 0.2) is 59.6 Å². The number of piperidine rings is 1. The first-order valence-electron chi connectivity index (χ1n) is 10.3. The number of rotatable bonds is 8. The van der Waals surface area contributed by atoms with Gasteiger partial charge < -0.3 is 15.4 Å². The van der Waals surface area contributed by atoms with Gasteiger partial charge in [0, 0.05) is 39.3 Å². The maximum atomic E-state index is 13.0. The van der Waals surface area contributed by atoms with E-state index < -0.39 is 0 Å². The highest BCUT2D eigenvalue weighted by molar-refractivity contribution is 14.0. The second-order valence-corrected chi connectivity index (χ2v) is 7.36. The summed E-state index contributed by atoms with van der Waals surface area (Å²) in [5, 5.41) is 6.84. The minimum Gasteiger partial charge on any atom is -0.375 e. The lowest BCUT2D eigenvalue weighted by Crippen LogP contribution is -2.49. The van der Waals surface area contributed by atoms with E-state index in [0.29, 0.717) is 19.3 Å². The summed E-state index contributed by atoms with van der Waals surface area (Å²) in [4.78, 5) is 6.74. The van der Waals surface area contributed by atoms with Gasteiger partial charge in [0.1, 0.15) is 5.82 Å². The fourth-order valence-corrected chi connectivity index (χ4v) is 3.48. The van der Waals surface area contributed by atoms with Crippen molar-refractivity contribution in [3.05, 3.63) is 71.5 Å². The zero-order valence-corrected chi connectivity index (χ0v) is 19.8. The fourth-order valence-electron chi connectivity index (χ4n) is 3.48. The molecule has 0 unspecified atom stereocenters. The van der Waals surface area contributed by atoms with Crippen LogP contribution in [0.25, 0.3) is 0 Å². The first-order valence-corrected chi connectivity index (χ1v) is 10.3. The number of nitrogens with zero attached hydrogens (tertiary/aromatic N) is 2. The molecule has 0 saturated carbocycles. The number of ether oxygens (including phenoxy) is 1. The Morgan fingerprint density at radius 1 is 1.07 bits per heavy atom. The van der Waals surface area contributed by atoms with Gasteiger partial charge >= 0.3 is 0 Å². The number of halogens is 2. The second-order valence-electron chi connectivity index (χ2n) is 7.36. The van der Waals surface area contributed by atoms with E-state index in [1.54, 1.807) is 7.05 Å².